The fourth-order valence-corrected chi connectivity index (χ4v) is 2.19. The van der Waals surface area contributed by atoms with Gasteiger partial charge in [-0.3, -0.25) is 25.0 Å². The normalized spacial score (nSPS) is 12.1. The van der Waals surface area contributed by atoms with Gasteiger partial charge in [-0.25, -0.2) is 0 Å². The lowest BCUT2D eigenvalue weighted by Gasteiger charge is -2.26. The van der Waals surface area contributed by atoms with Crippen molar-refractivity contribution in [2.45, 2.75) is 10.0 Å². The molecule has 2 rings (SSSR count). The van der Waals surface area contributed by atoms with Crippen molar-refractivity contribution in [3.8, 4) is 5.75 Å². The highest BCUT2D eigenvalue weighted by Crippen LogP contribution is 2.32. The number of nitrogens with one attached hydrogen (secondary N) is 1. The Balaban J connectivity index is 2.15. The Morgan fingerprint density at radius 2 is 1.37 bits per heavy atom. The van der Waals surface area contributed by atoms with Gasteiger partial charge in [0.25, 0.3) is 17.3 Å². The molecular formula is C15H10Cl3N3O6. The maximum atomic E-state index is 12.3. The molecule has 0 unspecified atom stereocenters. The van der Waals surface area contributed by atoms with Crippen molar-refractivity contribution < 1.29 is 19.4 Å². The fourth-order valence-electron chi connectivity index (χ4n) is 1.90. The van der Waals surface area contributed by atoms with Crippen LogP contribution in [0.3, 0.4) is 0 Å². The third-order valence-electron chi connectivity index (χ3n) is 3.20. The molecule has 27 heavy (non-hydrogen) atoms. The van der Waals surface area contributed by atoms with Crippen LogP contribution in [0.4, 0.5) is 11.4 Å². The van der Waals surface area contributed by atoms with Crippen molar-refractivity contribution >= 4 is 52.1 Å². The molecule has 0 fully saturated rings. The number of nitro groups is 2. The standard InChI is InChI=1S/C15H10Cl3N3O6/c16-15(17,18)14(27-12-7-5-11(6-8-12)21(25)26)19-13(22)9-1-3-10(4-2-9)20(23)24/h1-8,14H,(H,19,22)/t14-/m0/s1. The summed E-state index contributed by atoms with van der Waals surface area (Å²) in [6.07, 6.45) is -1.44. The van der Waals surface area contributed by atoms with E-state index in [4.69, 9.17) is 39.5 Å². The van der Waals surface area contributed by atoms with E-state index < -0.39 is 25.8 Å². The van der Waals surface area contributed by atoms with Crippen molar-refractivity contribution in [2.24, 2.45) is 0 Å². The van der Waals surface area contributed by atoms with Crippen molar-refractivity contribution in [1.82, 2.24) is 5.32 Å². The molecule has 0 bridgehead atoms. The van der Waals surface area contributed by atoms with Gasteiger partial charge in [-0.2, -0.15) is 0 Å². The van der Waals surface area contributed by atoms with E-state index >= 15 is 0 Å². The Labute approximate surface area is 167 Å². The van der Waals surface area contributed by atoms with Crippen LogP contribution in [0, 0.1) is 20.2 Å². The molecule has 0 aliphatic heterocycles. The van der Waals surface area contributed by atoms with Crippen LogP contribution in [0.25, 0.3) is 0 Å². The molecule has 0 saturated heterocycles. The number of rotatable bonds is 6. The van der Waals surface area contributed by atoms with E-state index in [9.17, 15) is 25.0 Å². The smallest absolute Gasteiger partial charge is 0.269 e. The van der Waals surface area contributed by atoms with Gasteiger partial charge in [-0.15, -0.1) is 0 Å². The second kappa shape index (κ2) is 8.38. The molecule has 0 aliphatic rings. The Kier molecular flexibility index (Phi) is 6.42. The van der Waals surface area contributed by atoms with Gasteiger partial charge in [0.05, 0.1) is 9.85 Å². The number of non-ortho nitro benzene ring substituents is 2. The zero-order valence-corrected chi connectivity index (χ0v) is 15.4. The first-order valence-electron chi connectivity index (χ1n) is 7.11. The van der Waals surface area contributed by atoms with Crippen LogP contribution in [0.2, 0.25) is 0 Å². The Morgan fingerprint density at radius 3 is 1.78 bits per heavy atom. The van der Waals surface area contributed by atoms with Crippen molar-refractivity contribution in [2.75, 3.05) is 0 Å². The van der Waals surface area contributed by atoms with Gasteiger partial charge < -0.3 is 10.1 Å². The van der Waals surface area contributed by atoms with Gasteiger partial charge in [0.1, 0.15) is 5.75 Å². The molecule has 0 spiro atoms. The van der Waals surface area contributed by atoms with E-state index in [0.29, 0.717) is 0 Å². The molecule has 1 N–H and O–H groups in total. The Bertz CT molecular complexity index is 853. The third kappa shape index (κ3) is 5.68. The number of nitrogens with zero attached hydrogens (tertiary/aromatic N) is 2. The predicted molar refractivity (Wildman–Crippen MR) is 98.4 cm³/mol. The highest BCUT2D eigenvalue weighted by atomic mass is 35.6. The maximum absolute atomic E-state index is 12.3. The van der Waals surface area contributed by atoms with Crippen LogP contribution in [-0.4, -0.2) is 25.8 Å². The summed E-state index contributed by atoms with van der Waals surface area (Å²) in [7, 11) is 0. The molecule has 0 aliphatic carbocycles. The van der Waals surface area contributed by atoms with Crippen LogP contribution in [0.15, 0.2) is 48.5 Å². The second-order valence-electron chi connectivity index (χ2n) is 5.07. The number of carbonyl (C=O) groups excluding carboxylic acids is 1. The average Bonchev–Trinajstić information content (AvgIpc) is 2.60. The van der Waals surface area contributed by atoms with E-state index in [0.717, 1.165) is 12.1 Å². The molecule has 1 amide bonds. The van der Waals surface area contributed by atoms with Crippen LogP contribution in [-0.2, 0) is 0 Å². The van der Waals surface area contributed by atoms with Gasteiger partial charge in [-0.1, -0.05) is 34.8 Å². The summed E-state index contributed by atoms with van der Waals surface area (Å²) in [4.78, 5) is 32.4. The van der Waals surface area contributed by atoms with Gasteiger partial charge in [0.2, 0.25) is 10.0 Å². The van der Waals surface area contributed by atoms with E-state index in [1.165, 1.54) is 36.4 Å². The highest BCUT2D eigenvalue weighted by molar-refractivity contribution is 6.68. The molecule has 0 aromatic heterocycles. The van der Waals surface area contributed by atoms with Gasteiger partial charge >= 0.3 is 0 Å². The van der Waals surface area contributed by atoms with Crippen LogP contribution >= 0.6 is 34.8 Å². The summed E-state index contributed by atoms with van der Waals surface area (Å²) in [5.41, 5.74) is -0.276. The van der Waals surface area contributed by atoms with E-state index in [1.807, 2.05) is 0 Å². The highest BCUT2D eigenvalue weighted by Gasteiger charge is 2.36. The minimum absolute atomic E-state index is 0.0761. The number of carbonyl (C=O) groups is 1. The van der Waals surface area contributed by atoms with Gasteiger partial charge in [0, 0.05) is 29.8 Å². The first-order chi connectivity index (χ1) is 12.6. The summed E-state index contributed by atoms with van der Waals surface area (Å²) >= 11 is 17.5. The lowest BCUT2D eigenvalue weighted by Crippen LogP contribution is -2.47. The van der Waals surface area contributed by atoms with E-state index in [1.54, 1.807) is 0 Å². The van der Waals surface area contributed by atoms with Crippen molar-refractivity contribution in [1.29, 1.82) is 0 Å². The minimum Gasteiger partial charge on any atom is -0.466 e. The van der Waals surface area contributed by atoms with Gasteiger partial charge in [-0.05, 0) is 24.3 Å². The first-order valence-corrected chi connectivity index (χ1v) is 8.24. The summed E-state index contributed by atoms with van der Waals surface area (Å²) < 4.78 is 3.34. The number of alkyl halides is 3. The molecule has 142 valence electrons. The molecule has 12 heteroatoms. The minimum atomic E-state index is -2.07. The zero-order chi connectivity index (χ0) is 20.2. The molecule has 2 aromatic rings. The fraction of sp³-hybridized carbons (Fsp3) is 0.133. The topological polar surface area (TPSA) is 125 Å². The van der Waals surface area contributed by atoms with Crippen LogP contribution in [0.1, 0.15) is 10.4 Å². The molecule has 1 atom stereocenters. The molecule has 0 saturated carbocycles. The summed E-state index contributed by atoms with van der Waals surface area (Å²) in [5.74, 6) is -0.593. The Morgan fingerprint density at radius 1 is 0.926 bits per heavy atom. The quantitative estimate of drug-likeness (QED) is 0.317. The first kappa shape index (κ1) is 20.7. The summed E-state index contributed by atoms with van der Waals surface area (Å²) in [6.45, 7) is 0. The van der Waals surface area contributed by atoms with Gasteiger partial charge in [0.15, 0.2) is 0 Å². The number of amides is 1. The number of ether oxygens (including phenoxy) is 1. The monoisotopic (exact) mass is 433 g/mol. The SMILES string of the molecule is O=C(N[C@@H](Oc1ccc([N+](=O)[O-])cc1)C(Cl)(Cl)Cl)c1ccc([N+](=O)[O-])cc1. The number of benzene rings is 2. The average molecular weight is 435 g/mol. The zero-order valence-electron chi connectivity index (χ0n) is 13.2. The molecule has 9 nitrogen and oxygen atoms in total. The third-order valence-corrected chi connectivity index (χ3v) is 3.80. The molecule has 0 heterocycles. The lowest BCUT2D eigenvalue weighted by molar-refractivity contribution is -0.385. The molecular weight excluding hydrogens is 425 g/mol. The predicted octanol–water partition coefficient (Wildman–Crippen LogP) is 4.01. The number of halogens is 3. The number of hydrogen-bond donors (Lipinski definition) is 1. The molecule has 0 radical (unpaired) electrons. The van der Waals surface area contributed by atoms with Crippen LogP contribution < -0.4 is 10.1 Å². The summed E-state index contributed by atoms with van der Waals surface area (Å²) in [6, 6.07) is 9.68. The Hall–Kier alpha value is -2.62. The molecule has 2 aromatic carbocycles. The number of hydrogen-bond acceptors (Lipinski definition) is 6. The maximum Gasteiger partial charge on any atom is 0.269 e. The van der Waals surface area contributed by atoms with Crippen molar-refractivity contribution in [3.63, 3.8) is 0 Å². The van der Waals surface area contributed by atoms with Crippen LogP contribution in [0.5, 0.6) is 5.75 Å². The largest absolute Gasteiger partial charge is 0.466 e. The van der Waals surface area contributed by atoms with E-state index in [-0.39, 0.29) is 22.7 Å². The summed E-state index contributed by atoms with van der Waals surface area (Å²) in [5, 5.41) is 23.7. The number of nitro benzene ring substituents is 2. The van der Waals surface area contributed by atoms with E-state index in [2.05, 4.69) is 5.32 Å². The second-order valence-corrected chi connectivity index (χ2v) is 7.44. The lowest BCUT2D eigenvalue weighted by atomic mass is 10.2. The van der Waals surface area contributed by atoms with Crippen molar-refractivity contribution in [3.05, 3.63) is 74.3 Å².